The molecule has 0 aliphatic rings. The van der Waals surface area contributed by atoms with Gasteiger partial charge in [-0.2, -0.15) is 0 Å². The normalized spacial score (nSPS) is 10.8. The number of aromatic nitrogens is 3. The van der Waals surface area contributed by atoms with Crippen LogP contribution >= 0.6 is 0 Å². The quantitative estimate of drug-likeness (QED) is 0.683. The first-order valence-electron chi connectivity index (χ1n) is 6.52. The summed E-state index contributed by atoms with van der Waals surface area (Å²) >= 11 is 0. The summed E-state index contributed by atoms with van der Waals surface area (Å²) in [6.07, 6.45) is 0. The summed E-state index contributed by atoms with van der Waals surface area (Å²) in [6, 6.07) is 7.33. The van der Waals surface area contributed by atoms with Gasteiger partial charge in [0, 0.05) is 17.3 Å². The zero-order valence-electron chi connectivity index (χ0n) is 11.8. The number of hydrogen-bond donors (Lipinski definition) is 1. The highest BCUT2D eigenvalue weighted by Gasteiger charge is 2.23. The number of esters is 1. The van der Waals surface area contributed by atoms with E-state index in [0.29, 0.717) is 18.0 Å². The van der Waals surface area contributed by atoms with E-state index in [-0.39, 0.29) is 11.7 Å². The molecule has 0 bridgehead atoms. The minimum atomic E-state index is -0.466. The van der Waals surface area contributed by atoms with E-state index in [2.05, 4.69) is 10.3 Å². The largest absolute Gasteiger partial charge is 0.461 e. The maximum absolute atomic E-state index is 12.0. The van der Waals surface area contributed by atoms with Gasteiger partial charge in [0.2, 0.25) is 0 Å². The van der Waals surface area contributed by atoms with Crippen LogP contribution in [0.15, 0.2) is 24.3 Å². The van der Waals surface area contributed by atoms with E-state index < -0.39 is 5.97 Å². The van der Waals surface area contributed by atoms with E-state index in [1.807, 2.05) is 26.0 Å². The maximum atomic E-state index is 12.0. The summed E-state index contributed by atoms with van der Waals surface area (Å²) in [5.74, 6) is -0.466. The molecule has 1 heterocycles. The fraction of sp³-hybridized carbons (Fsp3) is 0.357. The van der Waals surface area contributed by atoms with E-state index in [4.69, 9.17) is 10.5 Å². The number of nitrogen functional groups attached to an aromatic ring is 1. The smallest absolute Gasteiger partial charge is 0.361 e. The average Bonchev–Trinajstić information content (AvgIpc) is 2.84. The molecule has 0 fully saturated rings. The van der Waals surface area contributed by atoms with Crippen molar-refractivity contribution in [2.75, 3.05) is 12.3 Å². The van der Waals surface area contributed by atoms with Gasteiger partial charge >= 0.3 is 5.97 Å². The van der Waals surface area contributed by atoms with Gasteiger partial charge in [0.25, 0.3) is 0 Å². The SMILES string of the molecule is CCOC(=O)c1nnn(C(C)C)c1-c1ccc(N)cc1. The third-order valence-corrected chi connectivity index (χ3v) is 2.84. The average molecular weight is 274 g/mol. The first-order valence-corrected chi connectivity index (χ1v) is 6.52. The molecule has 1 aromatic carbocycles. The Kier molecular flexibility index (Phi) is 4.02. The van der Waals surface area contributed by atoms with Gasteiger partial charge in [0.05, 0.1) is 6.61 Å². The minimum absolute atomic E-state index is 0.0817. The zero-order chi connectivity index (χ0) is 14.7. The molecule has 0 atom stereocenters. The zero-order valence-corrected chi connectivity index (χ0v) is 11.8. The molecule has 1 aromatic heterocycles. The van der Waals surface area contributed by atoms with Crippen LogP contribution in [0.3, 0.4) is 0 Å². The molecule has 6 nitrogen and oxygen atoms in total. The summed E-state index contributed by atoms with van der Waals surface area (Å²) in [7, 11) is 0. The van der Waals surface area contributed by atoms with E-state index in [0.717, 1.165) is 5.56 Å². The predicted octanol–water partition coefficient (Wildman–Crippen LogP) is 2.28. The molecule has 2 aromatic rings. The standard InChI is InChI=1S/C14H18N4O2/c1-4-20-14(19)12-13(18(9(2)3)17-16-12)10-5-7-11(15)8-6-10/h5-9H,4,15H2,1-3H3. The van der Waals surface area contributed by atoms with Crippen LogP contribution < -0.4 is 5.73 Å². The fourth-order valence-electron chi connectivity index (χ4n) is 1.90. The van der Waals surface area contributed by atoms with Crippen LogP contribution in [-0.4, -0.2) is 27.6 Å². The second-order valence-corrected chi connectivity index (χ2v) is 4.67. The lowest BCUT2D eigenvalue weighted by Crippen LogP contribution is -2.09. The van der Waals surface area contributed by atoms with Crippen molar-refractivity contribution < 1.29 is 9.53 Å². The molecule has 0 spiro atoms. The highest BCUT2D eigenvalue weighted by Crippen LogP contribution is 2.26. The Labute approximate surface area is 117 Å². The molecular formula is C14H18N4O2. The summed E-state index contributed by atoms with van der Waals surface area (Å²) in [4.78, 5) is 12.0. The molecule has 106 valence electrons. The van der Waals surface area contributed by atoms with Gasteiger partial charge in [-0.15, -0.1) is 5.10 Å². The monoisotopic (exact) mass is 274 g/mol. The van der Waals surface area contributed by atoms with Crippen LogP contribution in [0.25, 0.3) is 11.3 Å². The highest BCUT2D eigenvalue weighted by molar-refractivity contribution is 5.94. The van der Waals surface area contributed by atoms with Crippen molar-refractivity contribution >= 4 is 11.7 Å². The molecule has 2 N–H and O–H groups in total. The molecule has 0 saturated heterocycles. The van der Waals surface area contributed by atoms with Gasteiger partial charge in [-0.25, -0.2) is 9.48 Å². The Morgan fingerprint density at radius 2 is 2.00 bits per heavy atom. The summed E-state index contributed by atoms with van der Waals surface area (Å²) < 4.78 is 6.73. The molecule has 0 aliphatic heterocycles. The number of anilines is 1. The first kappa shape index (κ1) is 14.0. The summed E-state index contributed by atoms with van der Waals surface area (Å²) in [5.41, 5.74) is 8.07. The van der Waals surface area contributed by atoms with Crippen molar-refractivity contribution in [1.82, 2.24) is 15.0 Å². The first-order chi connectivity index (χ1) is 9.54. The third-order valence-electron chi connectivity index (χ3n) is 2.84. The second-order valence-electron chi connectivity index (χ2n) is 4.67. The van der Waals surface area contributed by atoms with Crippen molar-refractivity contribution in [3.8, 4) is 11.3 Å². The third kappa shape index (κ3) is 2.64. The van der Waals surface area contributed by atoms with Crippen molar-refractivity contribution in [3.63, 3.8) is 0 Å². The molecule has 0 saturated carbocycles. The molecule has 20 heavy (non-hydrogen) atoms. The molecule has 0 unspecified atom stereocenters. The van der Waals surface area contributed by atoms with Gasteiger partial charge in [0.1, 0.15) is 5.69 Å². The molecule has 2 rings (SSSR count). The van der Waals surface area contributed by atoms with Crippen molar-refractivity contribution in [2.24, 2.45) is 0 Å². The van der Waals surface area contributed by atoms with Gasteiger partial charge in [-0.3, -0.25) is 0 Å². The number of carbonyl (C=O) groups is 1. The van der Waals surface area contributed by atoms with E-state index >= 15 is 0 Å². The summed E-state index contributed by atoms with van der Waals surface area (Å²) in [5, 5.41) is 8.01. The Morgan fingerprint density at radius 1 is 1.35 bits per heavy atom. The number of nitrogens with two attached hydrogens (primary N) is 1. The molecule has 0 amide bonds. The minimum Gasteiger partial charge on any atom is -0.461 e. The highest BCUT2D eigenvalue weighted by atomic mass is 16.5. The van der Waals surface area contributed by atoms with Gasteiger partial charge < -0.3 is 10.5 Å². The van der Waals surface area contributed by atoms with Crippen LogP contribution in [-0.2, 0) is 4.74 Å². The Bertz CT molecular complexity index is 602. The number of rotatable bonds is 4. The number of hydrogen-bond acceptors (Lipinski definition) is 5. The van der Waals surface area contributed by atoms with Crippen molar-refractivity contribution in [3.05, 3.63) is 30.0 Å². The predicted molar refractivity (Wildman–Crippen MR) is 76.2 cm³/mol. The van der Waals surface area contributed by atoms with E-state index in [1.165, 1.54) is 0 Å². The lowest BCUT2D eigenvalue weighted by molar-refractivity contribution is 0.0520. The van der Waals surface area contributed by atoms with E-state index in [1.54, 1.807) is 23.7 Å². The van der Waals surface area contributed by atoms with Crippen LogP contribution in [0, 0.1) is 0 Å². The van der Waals surface area contributed by atoms with Gasteiger partial charge in [0.15, 0.2) is 5.69 Å². The van der Waals surface area contributed by atoms with E-state index in [9.17, 15) is 4.79 Å². The molecule has 6 heteroatoms. The van der Waals surface area contributed by atoms with Gasteiger partial charge in [-0.1, -0.05) is 17.3 Å². The number of carbonyl (C=O) groups excluding carboxylic acids is 1. The van der Waals surface area contributed by atoms with Crippen LogP contribution in [0.2, 0.25) is 0 Å². The van der Waals surface area contributed by atoms with Crippen molar-refractivity contribution in [2.45, 2.75) is 26.8 Å². The number of ether oxygens (including phenoxy) is 1. The Balaban J connectivity index is 2.55. The lowest BCUT2D eigenvalue weighted by Gasteiger charge is -2.11. The molecule has 0 aliphatic carbocycles. The second kappa shape index (κ2) is 5.73. The number of benzene rings is 1. The van der Waals surface area contributed by atoms with Crippen LogP contribution in [0.4, 0.5) is 5.69 Å². The fourth-order valence-corrected chi connectivity index (χ4v) is 1.90. The molecular weight excluding hydrogens is 256 g/mol. The molecule has 0 radical (unpaired) electrons. The Morgan fingerprint density at radius 3 is 2.55 bits per heavy atom. The Hall–Kier alpha value is -2.37. The van der Waals surface area contributed by atoms with Crippen molar-refractivity contribution in [1.29, 1.82) is 0 Å². The van der Waals surface area contributed by atoms with Gasteiger partial charge in [-0.05, 0) is 32.9 Å². The topological polar surface area (TPSA) is 83.0 Å². The lowest BCUT2D eigenvalue weighted by atomic mass is 10.1. The maximum Gasteiger partial charge on any atom is 0.361 e. The van der Waals surface area contributed by atoms with Crippen LogP contribution in [0.1, 0.15) is 37.3 Å². The van der Waals surface area contributed by atoms with Crippen LogP contribution in [0.5, 0.6) is 0 Å². The summed E-state index contributed by atoms with van der Waals surface area (Å²) in [6.45, 7) is 6.01. The number of nitrogens with zero attached hydrogens (tertiary/aromatic N) is 3.